The summed E-state index contributed by atoms with van der Waals surface area (Å²) in [5, 5.41) is 8.12. The molecule has 0 rings (SSSR count). The Morgan fingerprint density at radius 2 is 2.38 bits per heavy atom. The smallest absolute Gasteiger partial charge is 0.303 e. The van der Waals surface area contributed by atoms with Gasteiger partial charge in [0.2, 0.25) is 0 Å². The Kier molecular flexibility index (Phi) is 5.26. The first-order chi connectivity index (χ1) is 3.77. The molecule has 0 radical (unpaired) electrons. The lowest BCUT2D eigenvalue weighted by Crippen LogP contribution is -1.93. The standard InChI is InChI=1S/C4H8O2P2/c5-4(6)2-1-3-8-7/h7H,1-3H2,(H,5,6). The molecule has 0 aromatic carbocycles. The largest absolute Gasteiger partial charge is 0.481 e. The van der Waals surface area contributed by atoms with Gasteiger partial charge in [-0.3, -0.25) is 4.79 Å². The number of carboxylic acids is 1. The van der Waals surface area contributed by atoms with Crippen LogP contribution in [0.4, 0.5) is 0 Å². The first-order valence-corrected chi connectivity index (χ1v) is 4.74. The van der Waals surface area contributed by atoms with Gasteiger partial charge in [0.05, 0.1) is 0 Å². The third kappa shape index (κ3) is 6.07. The highest BCUT2D eigenvalue weighted by atomic mass is 31.7. The minimum atomic E-state index is -0.708. The zero-order valence-corrected chi connectivity index (χ0v) is 6.32. The van der Waals surface area contributed by atoms with E-state index in [1.807, 2.05) is 0 Å². The van der Waals surface area contributed by atoms with Gasteiger partial charge in [-0.15, -0.1) is 0 Å². The summed E-state index contributed by atoms with van der Waals surface area (Å²) >= 11 is 0. The van der Waals surface area contributed by atoms with E-state index in [1.54, 1.807) is 0 Å². The molecule has 2 nitrogen and oxygen atoms in total. The highest BCUT2D eigenvalue weighted by Crippen LogP contribution is 2.04. The summed E-state index contributed by atoms with van der Waals surface area (Å²) in [5.41, 5.74) is 0. The summed E-state index contributed by atoms with van der Waals surface area (Å²) < 4.78 is 0. The van der Waals surface area contributed by atoms with Crippen molar-refractivity contribution in [2.45, 2.75) is 12.8 Å². The third-order valence-corrected chi connectivity index (χ3v) is 1.87. The summed E-state index contributed by atoms with van der Waals surface area (Å²) in [7, 11) is 4.31. The van der Waals surface area contributed by atoms with Gasteiger partial charge in [0.25, 0.3) is 0 Å². The van der Waals surface area contributed by atoms with Gasteiger partial charge >= 0.3 is 5.97 Å². The summed E-state index contributed by atoms with van der Waals surface area (Å²) in [5.74, 6) is -0.708. The average molecular weight is 150 g/mol. The predicted molar refractivity (Wildman–Crippen MR) is 37.0 cm³/mol. The van der Waals surface area contributed by atoms with Crippen molar-refractivity contribution in [1.82, 2.24) is 0 Å². The van der Waals surface area contributed by atoms with Crippen LogP contribution >= 0.6 is 16.4 Å². The van der Waals surface area contributed by atoms with Crippen molar-refractivity contribution >= 4 is 22.4 Å². The molecule has 0 fully saturated rings. The summed E-state index contributed by atoms with van der Waals surface area (Å²) in [6, 6.07) is 0. The molecular weight excluding hydrogens is 142 g/mol. The molecule has 8 heavy (non-hydrogen) atoms. The fourth-order valence-corrected chi connectivity index (χ4v) is 1.10. The molecule has 0 saturated carbocycles. The van der Waals surface area contributed by atoms with Crippen LogP contribution in [0.2, 0.25) is 0 Å². The Labute approximate surface area is 52.1 Å². The minimum Gasteiger partial charge on any atom is -0.481 e. The van der Waals surface area contributed by atoms with E-state index in [4.69, 9.17) is 5.11 Å². The van der Waals surface area contributed by atoms with Gasteiger partial charge in [-0.1, -0.05) is 16.4 Å². The van der Waals surface area contributed by atoms with Crippen molar-refractivity contribution in [3.8, 4) is 0 Å². The van der Waals surface area contributed by atoms with Crippen LogP contribution in [0, 0.1) is 0 Å². The molecule has 0 aromatic heterocycles. The molecular formula is C4H8O2P2. The summed E-state index contributed by atoms with van der Waals surface area (Å²) in [4.78, 5) is 9.86. The van der Waals surface area contributed by atoms with Crippen molar-refractivity contribution < 1.29 is 9.90 Å². The van der Waals surface area contributed by atoms with Crippen LogP contribution in [0.5, 0.6) is 0 Å². The van der Waals surface area contributed by atoms with E-state index in [1.165, 1.54) is 0 Å². The zero-order chi connectivity index (χ0) is 6.41. The molecule has 1 N–H and O–H groups in total. The van der Waals surface area contributed by atoms with Crippen LogP contribution in [0.1, 0.15) is 12.8 Å². The van der Waals surface area contributed by atoms with Gasteiger partial charge in [-0.05, 0) is 12.6 Å². The monoisotopic (exact) mass is 150 g/mol. The summed E-state index contributed by atoms with van der Waals surface area (Å²) in [6.07, 6.45) is 1.97. The first-order valence-electron chi connectivity index (χ1n) is 2.32. The van der Waals surface area contributed by atoms with Gasteiger partial charge < -0.3 is 5.11 Å². The van der Waals surface area contributed by atoms with E-state index in [2.05, 4.69) is 8.53 Å². The molecule has 0 aromatic rings. The van der Waals surface area contributed by atoms with Crippen LogP contribution in [-0.4, -0.2) is 17.2 Å². The molecule has 0 spiro atoms. The van der Waals surface area contributed by atoms with Crippen molar-refractivity contribution in [2.75, 3.05) is 6.16 Å². The lowest BCUT2D eigenvalue weighted by molar-refractivity contribution is -0.137. The van der Waals surface area contributed by atoms with Crippen LogP contribution in [-0.2, 0) is 4.79 Å². The quantitative estimate of drug-likeness (QED) is 0.490. The Hall–Kier alpha value is 0.0700. The van der Waals surface area contributed by atoms with Gasteiger partial charge in [0.1, 0.15) is 0 Å². The van der Waals surface area contributed by atoms with Crippen LogP contribution in [0.3, 0.4) is 0 Å². The second kappa shape index (κ2) is 5.21. The molecule has 0 unspecified atom stereocenters. The number of carbonyl (C=O) groups is 1. The lowest BCUT2D eigenvalue weighted by Gasteiger charge is -1.86. The van der Waals surface area contributed by atoms with Gasteiger partial charge in [-0.2, -0.15) is 0 Å². The van der Waals surface area contributed by atoms with E-state index in [0.717, 1.165) is 20.5 Å². The Morgan fingerprint density at radius 3 is 2.75 bits per heavy atom. The zero-order valence-electron chi connectivity index (χ0n) is 4.42. The molecule has 0 amide bonds. The fraction of sp³-hybridized carbons (Fsp3) is 0.750. The highest BCUT2D eigenvalue weighted by molar-refractivity contribution is 7.74. The van der Waals surface area contributed by atoms with E-state index in [9.17, 15) is 4.79 Å². The average Bonchev–Trinajstić information content (AvgIpc) is 1.66. The molecule has 0 aliphatic rings. The third-order valence-electron chi connectivity index (χ3n) is 0.661. The maximum atomic E-state index is 9.86. The van der Waals surface area contributed by atoms with E-state index < -0.39 is 5.97 Å². The maximum absolute atomic E-state index is 9.86. The van der Waals surface area contributed by atoms with Crippen molar-refractivity contribution in [2.24, 2.45) is 0 Å². The van der Waals surface area contributed by atoms with Gasteiger partial charge in [0.15, 0.2) is 0 Å². The Balaban J connectivity index is 2.93. The van der Waals surface area contributed by atoms with Gasteiger partial charge in [-0.25, -0.2) is 0 Å². The molecule has 0 heterocycles. The van der Waals surface area contributed by atoms with Crippen molar-refractivity contribution in [1.29, 1.82) is 0 Å². The van der Waals surface area contributed by atoms with Crippen LogP contribution in [0.25, 0.3) is 0 Å². The van der Waals surface area contributed by atoms with Crippen molar-refractivity contribution in [3.63, 3.8) is 0 Å². The second-order valence-corrected chi connectivity index (χ2v) is 3.09. The second-order valence-electron chi connectivity index (χ2n) is 1.38. The van der Waals surface area contributed by atoms with Gasteiger partial charge in [0, 0.05) is 6.42 Å². The lowest BCUT2D eigenvalue weighted by atomic mass is 10.3. The van der Waals surface area contributed by atoms with E-state index >= 15 is 0 Å². The predicted octanol–water partition coefficient (Wildman–Crippen LogP) is 1.86. The normalized spacial score (nSPS) is 9.50. The highest BCUT2D eigenvalue weighted by Gasteiger charge is 1.92. The molecule has 0 bridgehead atoms. The number of rotatable bonds is 4. The first kappa shape index (κ1) is 8.07. The molecule has 0 aliphatic carbocycles. The summed E-state index contributed by atoms with van der Waals surface area (Å²) in [6.45, 7) is 0. The molecule has 0 atom stereocenters. The number of aliphatic carboxylic acids is 1. The van der Waals surface area contributed by atoms with E-state index in [0.29, 0.717) is 0 Å². The molecule has 0 saturated heterocycles. The minimum absolute atomic E-state index is 0.289. The Bertz CT molecular complexity index is 92.0. The van der Waals surface area contributed by atoms with Crippen LogP contribution in [0.15, 0.2) is 0 Å². The molecule has 46 valence electrons. The SMILES string of the molecule is O=C(O)CCCP=P. The van der Waals surface area contributed by atoms with Crippen LogP contribution < -0.4 is 0 Å². The Morgan fingerprint density at radius 1 is 1.75 bits per heavy atom. The number of hydrogen-bond donors (Lipinski definition) is 1. The fourth-order valence-electron chi connectivity index (χ4n) is 0.309. The number of carboxylic acid groups (broad SMARTS) is 1. The number of hydrogen-bond acceptors (Lipinski definition) is 1. The topological polar surface area (TPSA) is 37.3 Å². The molecule has 0 aliphatic heterocycles. The molecule has 4 heteroatoms. The van der Waals surface area contributed by atoms with E-state index in [-0.39, 0.29) is 6.42 Å². The van der Waals surface area contributed by atoms with Crippen molar-refractivity contribution in [3.05, 3.63) is 0 Å². The maximum Gasteiger partial charge on any atom is 0.303 e.